The summed E-state index contributed by atoms with van der Waals surface area (Å²) in [5.74, 6) is -3.20. The average Bonchev–Trinajstić information content (AvgIpc) is 2.68. The van der Waals surface area contributed by atoms with E-state index in [4.69, 9.17) is 25.9 Å². The van der Waals surface area contributed by atoms with Gasteiger partial charge in [0.1, 0.15) is 6.04 Å². The lowest BCUT2D eigenvalue weighted by atomic mass is 10.00. The highest BCUT2D eigenvalue weighted by Crippen LogP contribution is 2.12. The molecule has 3 N–H and O–H groups in total. The summed E-state index contributed by atoms with van der Waals surface area (Å²) in [6, 6.07) is -10.9. The van der Waals surface area contributed by atoms with Gasteiger partial charge >= 0.3 is 5.97 Å². The Bertz CT molecular complexity index is 1070. The maximum absolute atomic E-state index is 13.0. The zero-order chi connectivity index (χ0) is 24.2. The van der Waals surface area contributed by atoms with E-state index in [0.717, 1.165) is 0 Å². The highest BCUT2D eigenvalue weighted by molar-refractivity contribution is 6.08. The summed E-state index contributed by atoms with van der Waals surface area (Å²) >= 11 is 0. The van der Waals surface area contributed by atoms with Crippen LogP contribution in [0, 0.1) is 0 Å². The molecule has 102 valence electrons. The monoisotopic (exact) mass is 280 g/mol. The lowest BCUT2D eigenvalue weighted by molar-refractivity contribution is -0.138. The van der Waals surface area contributed by atoms with Crippen LogP contribution < -0.4 is 5.73 Å². The van der Waals surface area contributed by atoms with Gasteiger partial charge in [0, 0.05) is 13.9 Å². The molecule has 0 heterocycles. The first-order valence-electron chi connectivity index (χ1n) is 10.8. The third kappa shape index (κ3) is 3.30. The Morgan fingerprint density at radius 3 is 2.20 bits per heavy atom. The first-order chi connectivity index (χ1) is 14.1. The number of carboxylic acid groups (broad SMARTS) is 1. The molecule has 0 aliphatic rings. The van der Waals surface area contributed by atoms with Gasteiger partial charge in [-0.05, 0) is 11.9 Å². The summed E-state index contributed by atoms with van der Waals surface area (Å²) < 4.78 is 86.5. The summed E-state index contributed by atoms with van der Waals surface area (Å²) in [6.45, 7) is 0. The molecule has 2 aromatic carbocycles. The van der Waals surface area contributed by atoms with E-state index in [2.05, 4.69) is 0 Å². The molecular weight excluding hydrogens is 254 g/mol. The molecule has 0 bridgehead atoms. The molecular formula is C16H15NO3. The Morgan fingerprint density at radius 2 is 1.65 bits per heavy atom. The topological polar surface area (TPSA) is 80.4 Å². The normalized spacial score (nSPS) is 20.4. The van der Waals surface area contributed by atoms with Crippen LogP contribution in [0.2, 0.25) is 0 Å². The van der Waals surface area contributed by atoms with Crippen molar-refractivity contribution in [3.63, 3.8) is 0 Å². The van der Waals surface area contributed by atoms with E-state index in [0.29, 0.717) is 0 Å². The van der Waals surface area contributed by atoms with E-state index in [1.54, 1.807) is 0 Å². The van der Waals surface area contributed by atoms with Gasteiger partial charge in [0.15, 0.2) is 5.78 Å². The smallest absolute Gasteiger partial charge is 0.320 e. The molecule has 0 aliphatic carbocycles. The van der Waals surface area contributed by atoms with Crippen molar-refractivity contribution in [1.29, 1.82) is 0 Å². The van der Waals surface area contributed by atoms with Gasteiger partial charge in [-0.25, -0.2) is 0 Å². The van der Waals surface area contributed by atoms with Crippen LogP contribution in [0.4, 0.5) is 0 Å². The zero-order valence-corrected chi connectivity index (χ0v) is 9.92. The van der Waals surface area contributed by atoms with E-state index in [9.17, 15) is 9.59 Å². The number of aliphatic carboxylic acids is 1. The molecule has 2 aromatic rings. The van der Waals surface area contributed by atoms with Crippen molar-refractivity contribution in [2.75, 3.05) is 0 Å². The van der Waals surface area contributed by atoms with Gasteiger partial charge in [-0.2, -0.15) is 0 Å². The van der Waals surface area contributed by atoms with Crippen molar-refractivity contribution in [1.82, 2.24) is 0 Å². The molecule has 1 atom stereocenters. The summed E-state index contributed by atoms with van der Waals surface area (Å²) in [5.41, 5.74) is 2.46. The summed E-state index contributed by atoms with van der Waals surface area (Å²) in [7, 11) is 0. The Morgan fingerprint density at radius 1 is 1.10 bits per heavy atom. The molecule has 4 heteroatoms. The molecule has 0 spiro atoms. The predicted octanol–water partition coefficient (Wildman–Crippen LogP) is 1.87. The highest BCUT2D eigenvalue weighted by atomic mass is 16.4. The molecule has 2 rings (SSSR count). The second kappa shape index (κ2) is 6.12. The predicted molar refractivity (Wildman–Crippen MR) is 75.6 cm³/mol. The number of hydrogen-bond donors (Lipinski definition) is 2. The third-order valence-electron chi connectivity index (χ3n) is 2.15. The van der Waals surface area contributed by atoms with Gasteiger partial charge < -0.3 is 10.8 Å². The molecule has 20 heavy (non-hydrogen) atoms. The molecule has 0 radical (unpaired) electrons. The quantitative estimate of drug-likeness (QED) is 0.819. The number of rotatable bonds is 5. The summed E-state index contributed by atoms with van der Waals surface area (Å²) in [6.07, 6.45) is -3.05. The van der Waals surface area contributed by atoms with Gasteiger partial charge in [0.25, 0.3) is 0 Å². The Hall–Kier alpha value is -2.46. The Kier molecular flexibility index (Phi) is 1.68. The molecule has 1 unspecified atom stereocenters. The molecule has 0 saturated carbocycles. The number of carbonyl (C=O) groups is 2. The van der Waals surface area contributed by atoms with Crippen molar-refractivity contribution in [2.45, 2.75) is 12.4 Å². The third-order valence-corrected chi connectivity index (χ3v) is 2.15. The second-order valence-electron chi connectivity index (χ2n) is 3.54. The van der Waals surface area contributed by atoms with Gasteiger partial charge in [-0.15, -0.1) is 0 Å². The largest absolute Gasteiger partial charge is 0.480 e. The van der Waals surface area contributed by atoms with Crippen molar-refractivity contribution >= 4 is 11.8 Å². The van der Waals surface area contributed by atoms with Crippen molar-refractivity contribution in [3.05, 3.63) is 71.1 Å². The van der Waals surface area contributed by atoms with Crippen molar-refractivity contribution < 1.29 is 29.8 Å². The first-order valence-corrected chi connectivity index (χ1v) is 5.29. The molecule has 0 saturated heterocycles. The van der Waals surface area contributed by atoms with Crippen molar-refractivity contribution in [3.8, 4) is 0 Å². The van der Waals surface area contributed by atoms with Crippen LogP contribution in [0.1, 0.15) is 36.6 Å². The maximum Gasteiger partial charge on any atom is 0.320 e. The molecule has 0 fully saturated rings. The maximum atomic E-state index is 13.0. The van der Waals surface area contributed by atoms with Crippen LogP contribution in [0.25, 0.3) is 0 Å². The number of carbonyl (C=O) groups excluding carboxylic acids is 1. The number of hydrogen-bond acceptors (Lipinski definition) is 3. The highest BCUT2D eigenvalue weighted by Gasteiger charge is 2.13. The minimum atomic E-state index is -3.05. The van der Waals surface area contributed by atoms with E-state index in [1.165, 1.54) is 0 Å². The van der Waals surface area contributed by atoms with Crippen molar-refractivity contribution in [2.24, 2.45) is 5.73 Å². The summed E-state index contributed by atoms with van der Waals surface area (Å²) in [5, 5.41) is 9.00. The number of benzene rings is 2. The fourth-order valence-corrected chi connectivity index (χ4v) is 1.20. The molecule has 0 amide bonds. The van der Waals surface area contributed by atoms with E-state index >= 15 is 0 Å². The minimum absolute atomic E-state index is 0.780. The molecule has 0 aliphatic heterocycles. The average molecular weight is 280 g/mol. The van der Waals surface area contributed by atoms with Gasteiger partial charge in [-0.1, -0.05) is 54.4 Å². The molecule has 0 aromatic heterocycles. The fourth-order valence-electron chi connectivity index (χ4n) is 1.20. The SMILES string of the molecule is [2H]c1c([2H])c([2H])c(C(=O)c2c([2H])c([2H])c(C([2H])([2H])C(N)C(=O)O)c([2H])c2[2H])c([2H])c1[2H]. The summed E-state index contributed by atoms with van der Waals surface area (Å²) in [4.78, 5) is 24.1. The Balaban J connectivity index is 2.87. The lowest BCUT2D eigenvalue weighted by Crippen LogP contribution is -2.32. The zero-order valence-electron chi connectivity index (χ0n) is 20.9. The minimum Gasteiger partial charge on any atom is -0.480 e. The number of carboxylic acids is 1. The van der Waals surface area contributed by atoms with Crippen LogP contribution in [0.3, 0.4) is 0 Å². The molecule has 4 nitrogen and oxygen atoms in total. The lowest BCUT2D eigenvalue weighted by Gasteiger charge is -2.07. The van der Waals surface area contributed by atoms with E-state index in [1.807, 2.05) is 0 Å². The van der Waals surface area contributed by atoms with Crippen LogP contribution >= 0.6 is 0 Å². The van der Waals surface area contributed by atoms with Crippen LogP contribution in [0.5, 0.6) is 0 Å². The van der Waals surface area contributed by atoms with Gasteiger partial charge in [-0.3, -0.25) is 9.59 Å². The van der Waals surface area contributed by atoms with Crippen LogP contribution in [-0.4, -0.2) is 22.9 Å². The Labute approximate surface area is 132 Å². The number of nitrogens with two attached hydrogens (primary N) is 1. The second-order valence-corrected chi connectivity index (χ2v) is 3.54. The van der Waals surface area contributed by atoms with Gasteiger partial charge in [0.2, 0.25) is 0 Å². The first kappa shape index (κ1) is 5.50. The van der Waals surface area contributed by atoms with E-state index in [-0.39, 0.29) is 0 Å². The van der Waals surface area contributed by atoms with Gasteiger partial charge in [0.05, 0.1) is 12.3 Å². The van der Waals surface area contributed by atoms with Crippen LogP contribution in [-0.2, 0) is 11.2 Å². The van der Waals surface area contributed by atoms with E-state index < -0.39 is 95.2 Å². The standard InChI is InChI=1S/C16H15NO3/c17-14(16(19)20)10-11-6-8-13(9-7-11)15(18)12-4-2-1-3-5-12/h1-9,14H,10,17H2,(H,19,20)/i1D,2D,3D,4D,5D,6D,7D,8D,9D,10D2. The van der Waals surface area contributed by atoms with Crippen LogP contribution in [0.15, 0.2) is 54.4 Å². The fraction of sp³-hybridized carbons (Fsp3) is 0.125. The number of ketones is 1.